The Kier molecular flexibility index (Phi) is 8.67. The van der Waals surface area contributed by atoms with E-state index in [0.29, 0.717) is 11.4 Å². The van der Waals surface area contributed by atoms with Gasteiger partial charge in [-0.25, -0.2) is 0 Å². The van der Waals surface area contributed by atoms with Crippen molar-refractivity contribution in [3.8, 4) is 5.75 Å². The van der Waals surface area contributed by atoms with Crippen molar-refractivity contribution < 1.29 is 23.9 Å². The average Bonchev–Trinajstić information content (AvgIpc) is 2.68. The smallest absolute Gasteiger partial charge is 0.309 e. The van der Waals surface area contributed by atoms with Gasteiger partial charge in [0, 0.05) is 10.2 Å². The monoisotopic (exact) mass is 462 g/mol. The van der Waals surface area contributed by atoms with Crippen LogP contribution in [-0.2, 0) is 19.1 Å². The molecule has 0 radical (unpaired) electrons. The number of ether oxygens (including phenoxy) is 2. The molecule has 0 fully saturated rings. The Morgan fingerprint density at radius 2 is 1.76 bits per heavy atom. The molecule has 0 atom stereocenters. The molecule has 2 N–H and O–H groups in total. The molecule has 8 heteroatoms. The summed E-state index contributed by atoms with van der Waals surface area (Å²) < 4.78 is 11.3. The summed E-state index contributed by atoms with van der Waals surface area (Å²) in [7, 11) is 0. The van der Waals surface area contributed by atoms with E-state index in [9.17, 15) is 14.4 Å². The first-order valence-electron chi connectivity index (χ1n) is 9.02. The minimum atomic E-state index is -0.555. The normalized spacial score (nSPS) is 10.2. The third-order valence-corrected chi connectivity index (χ3v) is 4.42. The second kappa shape index (κ2) is 11.2. The molecule has 154 valence electrons. The molecule has 29 heavy (non-hydrogen) atoms. The Morgan fingerprint density at radius 3 is 2.48 bits per heavy atom. The minimum absolute atomic E-state index is 0.0188. The van der Waals surface area contributed by atoms with E-state index in [1.54, 1.807) is 6.07 Å². The first-order valence-corrected chi connectivity index (χ1v) is 9.81. The molecule has 2 aromatic carbocycles. The minimum Gasteiger partial charge on any atom is -0.493 e. The number of aryl methyl sites for hydroxylation is 2. The number of anilines is 1. The number of hydrogen-bond donors (Lipinski definition) is 2. The summed E-state index contributed by atoms with van der Waals surface area (Å²) in [5.74, 6) is -0.781. The summed E-state index contributed by atoms with van der Waals surface area (Å²) in [5.41, 5.74) is 2.52. The molecule has 0 saturated carbocycles. The molecule has 2 aromatic rings. The predicted octanol–water partition coefficient (Wildman–Crippen LogP) is 3.13. The molecule has 0 heterocycles. The van der Waals surface area contributed by atoms with Gasteiger partial charge in [-0.3, -0.25) is 14.4 Å². The highest BCUT2D eigenvalue weighted by atomic mass is 79.9. The van der Waals surface area contributed by atoms with Crippen molar-refractivity contribution in [2.24, 2.45) is 0 Å². The summed E-state index contributed by atoms with van der Waals surface area (Å²) in [6, 6.07) is 12.9. The van der Waals surface area contributed by atoms with Gasteiger partial charge in [-0.2, -0.15) is 0 Å². The van der Waals surface area contributed by atoms with E-state index in [-0.39, 0.29) is 25.5 Å². The van der Waals surface area contributed by atoms with Gasteiger partial charge in [-0.15, -0.1) is 0 Å². The molecule has 7 nitrogen and oxygen atoms in total. The highest BCUT2D eigenvalue weighted by molar-refractivity contribution is 9.10. The van der Waals surface area contributed by atoms with Crippen LogP contribution in [0.5, 0.6) is 5.75 Å². The largest absolute Gasteiger partial charge is 0.493 e. The van der Waals surface area contributed by atoms with Crippen LogP contribution in [0.25, 0.3) is 0 Å². The third-order valence-electron chi connectivity index (χ3n) is 3.93. The molecule has 0 saturated heterocycles. The maximum Gasteiger partial charge on any atom is 0.309 e. The quantitative estimate of drug-likeness (QED) is 0.558. The van der Waals surface area contributed by atoms with Gasteiger partial charge >= 0.3 is 5.97 Å². The van der Waals surface area contributed by atoms with Crippen LogP contribution < -0.4 is 15.4 Å². The fourth-order valence-corrected chi connectivity index (χ4v) is 2.85. The standard InChI is InChI=1S/C21H23BrN2O5/c1-14-5-3-4-6-18(14)28-10-9-21(27)29-13-20(26)23-12-19(25)24-17-8-7-16(22)11-15(17)2/h3-8,11H,9-10,12-13H2,1-2H3,(H,23,26)(H,24,25). The molecule has 0 aliphatic rings. The third kappa shape index (κ3) is 7.95. The van der Waals surface area contributed by atoms with Gasteiger partial charge < -0.3 is 20.1 Å². The van der Waals surface area contributed by atoms with Crippen LogP contribution in [0.1, 0.15) is 17.5 Å². The van der Waals surface area contributed by atoms with Crippen LogP contribution >= 0.6 is 15.9 Å². The number of amides is 2. The lowest BCUT2D eigenvalue weighted by atomic mass is 10.2. The zero-order chi connectivity index (χ0) is 21.2. The Morgan fingerprint density at radius 1 is 1.00 bits per heavy atom. The van der Waals surface area contributed by atoms with Crippen LogP contribution in [0.15, 0.2) is 46.9 Å². The number of esters is 1. The number of hydrogen-bond acceptors (Lipinski definition) is 5. The van der Waals surface area contributed by atoms with Crippen molar-refractivity contribution in [3.05, 3.63) is 58.1 Å². The predicted molar refractivity (Wildman–Crippen MR) is 113 cm³/mol. The summed E-state index contributed by atoms with van der Waals surface area (Å²) in [5, 5.41) is 5.12. The SMILES string of the molecule is Cc1cc(Br)ccc1NC(=O)CNC(=O)COC(=O)CCOc1ccccc1C. The zero-order valence-electron chi connectivity index (χ0n) is 16.3. The topological polar surface area (TPSA) is 93.7 Å². The van der Waals surface area contributed by atoms with Gasteiger partial charge in [0.2, 0.25) is 5.91 Å². The Labute approximate surface area is 177 Å². The van der Waals surface area contributed by atoms with Gasteiger partial charge in [0.1, 0.15) is 5.75 Å². The van der Waals surface area contributed by atoms with E-state index in [2.05, 4.69) is 26.6 Å². The lowest BCUT2D eigenvalue weighted by molar-refractivity contribution is -0.149. The van der Waals surface area contributed by atoms with Crippen LogP contribution in [0.4, 0.5) is 5.69 Å². The van der Waals surface area contributed by atoms with Gasteiger partial charge in [-0.05, 0) is 49.2 Å². The average molecular weight is 463 g/mol. The van der Waals surface area contributed by atoms with E-state index >= 15 is 0 Å². The molecule has 0 unspecified atom stereocenters. The van der Waals surface area contributed by atoms with E-state index in [1.165, 1.54) is 0 Å². The lowest BCUT2D eigenvalue weighted by Gasteiger charge is -2.10. The van der Waals surface area contributed by atoms with Crippen molar-refractivity contribution in [2.75, 3.05) is 25.1 Å². The number of para-hydroxylation sites is 1. The summed E-state index contributed by atoms with van der Waals surface area (Å²) >= 11 is 3.35. The highest BCUT2D eigenvalue weighted by Gasteiger charge is 2.11. The molecule has 0 aliphatic heterocycles. The highest BCUT2D eigenvalue weighted by Crippen LogP contribution is 2.19. The zero-order valence-corrected chi connectivity index (χ0v) is 17.9. The van der Waals surface area contributed by atoms with Crippen molar-refractivity contribution >= 4 is 39.4 Å². The molecule has 0 aromatic heterocycles. The van der Waals surface area contributed by atoms with Crippen LogP contribution in [0.2, 0.25) is 0 Å². The fourth-order valence-electron chi connectivity index (χ4n) is 2.37. The van der Waals surface area contributed by atoms with Gasteiger partial charge in [-0.1, -0.05) is 34.1 Å². The van der Waals surface area contributed by atoms with Crippen molar-refractivity contribution in [2.45, 2.75) is 20.3 Å². The number of carbonyl (C=O) groups excluding carboxylic acids is 3. The van der Waals surface area contributed by atoms with E-state index in [1.807, 2.05) is 50.2 Å². The van der Waals surface area contributed by atoms with E-state index in [0.717, 1.165) is 15.6 Å². The Hall–Kier alpha value is -2.87. The molecular weight excluding hydrogens is 440 g/mol. The molecule has 0 aliphatic carbocycles. The van der Waals surface area contributed by atoms with Crippen molar-refractivity contribution in [3.63, 3.8) is 0 Å². The van der Waals surface area contributed by atoms with Crippen LogP contribution in [0.3, 0.4) is 0 Å². The number of rotatable bonds is 9. The van der Waals surface area contributed by atoms with Gasteiger partial charge in [0.25, 0.3) is 5.91 Å². The second-order valence-electron chi connectivity index (χ2n) is 6.31. The van der Waals surface area contributed by atoms with Crippen molar-refractivity contribution in [1.29, 1.82) is 0 Å². The number of nitrogens with one attached hydrogen (secondary N) is 2. The number of benzene rings is 2. The maximum atomic E-state index is 11.9. The molecule has 2 rings (SSSR count). The fraction of sp³-hybridized carbons (Fsp3) is 0.286. The van der Waals surface area contributed by atoms with E-state index in [4.69, 9.17) is 9.47 Å². The molecular formula is C21H23BrN2O5. The summed E-state index contributed by atoms with van der Waals surface area (Å²) in [6.45, 7) is 3.25. The lowest BCUT2D eigenvalue weighted by Crippen LogP contribution is -2.35. The van der Waals surface area contributed by atoms with Crippen LogP contribution in [0, 0.1) is 13.8 Å². The summed E-state index contributed by atoms with van der Waals surface area (Å²) in [6.07, 6.45) is 0.0188. The van der Waals surface area contributed by atoms with Crippen LogP contribution in [-0.4, -0.2) is 37.5 Å². The Balaban J connectivity index is 1.62. The van der Waals surface area contributed by atoms with Gasteiger partial charge in [0.15, 0.2) is 6.61 Å². The Bertz CT molecular complexity index is 885. The number of carbonyl (C=O) groups is 3. The molecule has 0 bridgehead atoms. The first kappa shape index (κ1) is 22.4. The second-order valence-corrected chi connectivity index (χ2v) is 7.22. The molecule has 0 spiro atoms. The van der Waals surface area contributed by atoms with E-state index < -0.39 is 18.5 Å². The van der Waals surface area contributed by atoms with Gasteiger partial charge in [0.05, 0.1) is 19.6 Å². The number of halogens is 1. The van der Waals surface area contributed by atoms with Crippen molar-refractivity contribution in [1.82, 2.24) is 5.32 Å². The molecule has 2 amide bonds. The summed E-state index contributed by atoms with van der Waals surface area (Å²) in [4.78, 5) is 35.4. The first-order chi connectivity index (χ1) is 13.8. The maximum absolute atomic E-state index is 11.9.